The minimum absolute atomic E-state index is 0.193. The molecule has 0 aliphatic carbocycles. The van der Waals surface area contributed by atoms with E-state index in [1.807, 2.05) is 37.4 Å². The van der Waals surface area contributed by atoms with Gasteiger partial charge in [0, 0.05) is 5.69 Å². The van der Waals surface area contributed by atoms with Crippen molar-refractivity contribution in [2.45, 2.75) is 18.9 Å². The van der Waals surface area contributed by atoms with Crippen LogP contribution in [0.5, 0.6) is 0 Å². The summed E-state index contributed by atoms with van der Waals surface area (Å²) >= 11 is 1.37. The quantitative estimate of drug-likeness (QED) is 0.862. The van der Waals surface area contributed by atoms with Crippen LogP contribution in [0.1, 0.15) is 21.6 Å². The molecule has 0 bridgehead atoms. The molecule has 94 valence electrons. The average Bonchev–Trinajstić information content (AvgIpc) is 2.73. The Balaban J connectivity index is 2.21. The second-order valence-electron chi connectivity index (χ2n) is 3.95. The van der Waals surface area contributed by atoms with E-state index in [1.165, 1.54) is 11.8 Å². The molecule has 1 heterocycles. The molecule has 0 atom stereocenters. The van der Waals surface area contributed by atoms with Gasteiger partial charge in [0.05, 0.1) is 5.69 Å². The van der Waals surface area contributed by atoms with Crippen molar-refractivity contribution < 1.29 is 9.32 Å². The van der Waals surface area contributed by atoms with Crippen molar-refractivity contribution in [3.63, 3.8) is 0 Å². The summed E-state index contributed by atoms with van der Waals surface area (Å²) in [5, 5.41) is 7.18. The van der Waals surface area contributed by atoms with Crippen LogP contribution < -0.4 is 5.32 Å². The normalized spacial score (nSPS) is 10.4. The highest BCUT2D eigenvalue weighted by Gasteiger charge is 2.19. The Bertz CT molecular complexity index is 561. The number of aryl methyl sites for hydroxylation is 2. The Morgan fingerprint density at radius 1 is 1.28 bits per heavy atom. The summed E-state index contributed by atoms with van der Waals surface area (Å²) in [6.07, 6.45) is 1.85. The molecule has 0 radical (unpaired) electrons. The van der Waals surface area contributed by atoms with Gasteiger partial charge in [-0.1, -0.05) is 34.6 Å². The Labute approximate surface area is 110 Å². The third-order valence-corrected chi connectivity index (χ3v) is 3.20. The fourth-order valence-corrected chi connectivity index (χ4v) is 2.13. The molecule has 0 spiro atoms. The Hall–Kier alpha value is -1.75. The van der Waals surface area contributed by atoms with Gasteiger partial charge in [-0.05, 0) is 32.2 Å². The number of nitrogens with zero attached hydrogens (tertiary/aromatic N) is 1. The third-order valence-electron chi connectivity index (χ3n) is 2.55. The van der Waals surface area contributed by atoms with Crippen LogP contribution in [0.3, 0.4) is 0 Å². The Kier molecular flexibility index (Phi) is 3.72. The van der Waals surface area contributed by atoms with E-state index < -0.39 is 0 Å². The molecule has 1 N–H and O–H groups in total. The summed E-state index contributed by atoms with van der Waals surface area (Å²) in [6.45, 7) is 3.76. The number of aromatic nitrogens is 1. The molecule has 0 aliphatic rings. The number of nitrogens with one attached hydrogen (secondary N) is 1. The summed E-state index contributed by atoms with van der Waals surface area (Å²) in [5.41, 5.74) is 3.02. The van der Waals surface area contributed by atoms with Crippen LogP contribution in [0.15, 0.2) is 33.9 Å². The van der Waals surface area contributed by atoms with Crippen molar-refractivity contribution in [2.24, 2.45) is 0 Å². The third kappa shape index (κ3) is 2.56. The van der Waals surface area contributed by atoms with Crippen LogP contribution in [0.25, 0.3) is 0 Å². The van der Waals surface area contributed by atoms with Crippen LogP contribution in [-0.4, -0.2) is 17.3 Å². The van der Waals surface area contributed by atoms with Crippen molar-refractivity contribution in [1.82, 2.24) is 5.16 Å². The van der Waals surface area contributed by atoms with E-state index in [1.54, 1.807) is 6.92 Å². The number of anilines is 1. The predicted octanol–water partition coefficient (Wildman–Crippen LogP) is 3.27. The highest BCUT2D eigenvalue weighted by atomic mass is 32.2. The van der Waals surface area contributed by atoms with Gasteiger partial charge in [-0.3, -0.25) is 4.79 Å². The van der Waals surface area contributed by atoms with Gasteiger partial charge in [-0.15, -0.1) is 0 Å². The van der Waals surface area contributed by atoms with E-state index in [0.29, 0.717) is 16.3 Å². The molecular weight excluding hydrogens is 248 g/mol. The fourth-order valence-electron chi connectivity index (χ4n) is 1.58. The van der Waals surface area contributed by atoms with Crippen LogP contribution in [0, 0.1) is 13.8 Å². The van der Waals surface area contributed by atoms with Gasteiger partial charge < -0.3 is 9.84 Å². The minimum atomic E-state index is -0.193. The highest BCUT2D eigenvalue weighted by molar-refractivity contribution is 7.98. The molecule has 5 heteroatoms. The number of benzene rings is 1. The summed E-state index contributed by atoms with van der Waals surface area (Å²) in [7, 11) is 0. The van der Waals surface area contributed by atoms with E-state index >= 15 is 0 Å². The zero-order chi connectivity index (χ0) is 13.1. The number of hydrogen-bond acceptors (Lipinski definition) is 4. The maximum absolute atomic E-state index is 12.1. The van der Waals surface area contributed by atoms with Gasteiger partial charge in [0.2, 0.25) is 5.09 Å². The fraction of sp³-hybridized carbons (Fsp3) is 0.231. The van der Waals surface area contributed by atoms with Crippen LogP contribution in [0.2, 0.25) is 0 Å². The summed E-state index contributed by atoms with van der Waals surface area (Å²) in [4.78, 5) is 12.1. The first-order valence-corrected chi connectivity index (χ1v) is 6.72. The number of hydrogen-bond donors (Lipinski definition) is 1. The van der Waals surface area contributed by atoms with Gasteiger partial charge in [-0.25, -0.2) is 0 Å². The molecule has 1 aromatic heterocycles. The molecule has 0 aliphatic heterocycles. The van der Waals surface area contributed by atoms with Crippen molar-refractivity contribution >= 4 is 23.4 Å². The molecule has 0 saturated heterocycles. The highest BCUT2D eigenvalue weighted by Crippen LogP contribution is 2.24. The van der Waals surface area contributed by atoms with Gasteiger partial charge in [0.1, 0.15) is 5.56 Å². The zero-order valence-corrected chi connectivity index (χ0v) is 11.3. The van der Waals surface area contributed by atoms with E-state index in [9.17, 15) is 4.79 Å². The molecule has 0 saturated carbocycles. The second kappa shape index (κ2) is 5.27. The molecule has 2 aromatic rings. The first kappa shape index (κ1) is 12.7. The van der Waals surface area contributed by atoms with Crippen molar-refractivity contribution in [3.05, 3.63) is 41.1 Å². The summed E-state index contributed by atoms with van der Waals surface area (Å²) in [6, 6.07) is 7.64. The summed E-state index contributed by atoms with van der Waals surface area (Å²) in [5.74, 6) is -0.193. The maximum Gasteiger partial charge on any atom is 0.262 e. The molecular formula is C13H14N2O2S. The number of carbonyl (C=O) groups excluding carboxylic acids is 1. The lowest BCUT2D eigenvalue weighted by atomic mass is 10.2. The van der Waals surface area contributed by atoms with E-state index in [4.69, 9.17) is 4.52 Å². The molecule has 18 heavy (non-hydrogen) atoms. The number of rotatable bonds is 3. The first-order valence-electron chi connectivity index (χ1n) is 5.50. The molecule has 1 amide bonds. The Morgan fingerprint density at radius 2 is 1.94 bits per heavy atom. The second-order valence-corrected chi connectivity index (χ2v) is 4.73. The van der Waals surface area contributed by atoms with Crippen LogP contribution >= 0.6 is 11.8 Å². The molecule has 1 aromatic carbocycles. The standard InChI is InChI=1S/C13H14N2O2S/c1-8-4-6-10(7-5-8)14-12(16)11-9(2)15-17-13(11)18-3/h4-7H,1-3H3,(H,14,16). The monoisotopic (exact) mass is 262 g/mol. The van der Waals surface area contributed by atoms with Gasteiger partial charge in [-0.2, -0.15) is 0 Å². The smallest absolute Gasteiger partial charge is 0.262 e. The lowest BCUT2D eigenvalue weighted by molar-refractivity contribution is 0.102. The van der Waals surface area contributed by atoms with Crippen LogP contribution in [-0.2, 0) is 0 Å². The zero-order valence-electron chi connectivity index (χ0n) is 10.5. The van der Waals surface area contributed by atoms with Crippen LogP contribution in [0.4, 0.5) is 5.69 Å². The van der Waals surface area contributed by atoms with Gasteiger partial charge in [0.15, 0.2) is 0 Å². The molecule has 0 fully saturated rings. The van der Waals surface area contributed by atoms with Crippen molar-refractivity contribution in [3.8, 4) is 0 Å². The van der Waals surface area contributed by atoms with Gasteiger partial charge >= 0.3 is 0 Å². The topological polar surface area (TPSA) is 55.1 Å². The number of carbonyl (C=O) groups is 1. The van der Waals surface area contributed by atoms with Crippen molar-refractivity contribution in [2.75, 3.05) is 11.6 Å². The number of amides is 1. The average molecular weight is 262 g/mol. The molecule has 2 rings (SSSR count). The lowest BCUT2D eigenvalue weighted by Crippen LogP contribution is -2.13. The van der Waals surface area contributed by atoms with Gasteiger partial charge in [0.25, 0.3) is 5.91 Å². The SMILES string of the molecule is CSc1onc(C)c1C(=O)Nc1ccc(C)cc1. The number of thioether (sulfide) groups is 1. The lowest BCUT2D eigenvalue weighted by Gasteiger charge is -2.05. The molecule has 0 unspecified atom stereocenters. The molecule has 4 nitrogen and oxygen atoms in total. The Morgan fingerprint density at radius 3 is 2.56 bits per heavy atom. The van der Waals surface area contributed by atoms with E-state index in [-0.39, 0.29) is 5.91 Å². The summed E-state index contributed by atoms with van der Waals surface area (Å²) < 4.78 is 5.07. The van der Waals surface area contributed by atoms with E-state index in [2.05, 4.69) is 10.5 Å². The minimum Gasteiger partial charge on any atom is -0.349 e. The first-order chi connectivity index (χ1) is 8.61. The van der Waals surface area contributed by atoms with E-state index in [0.717, 1.165) is 11.3 Å². The maximum atomic E-state index is 12.1. The predicted molar refractivity (Wildman–Crippen MR) is 72.2 cm³/mol. The largest absolute Gasteiger partial charge is 0.349 e. The van der Waals surface area contributed by atoms with Crippen molar-refractivity contribution in [1.29, 1.82) is 0 Å².